The van der Waals surface area contributed by atoms with E-state index in [4.69, 9.17) is 16.0 Å². The van der Waals surface area contributed by atoms with Crippen molar-refractivity contribution in [2.75, 3.05) is 0 Å². The standard InChI is InChI=1S/C14H10ClN3O2S/c15-12-3-1-11(2-4-12)13-17-18-14(20-13)21(19)9-10-5-7-16-8-6-10/h1-8H,9H2. The number of nitrogens with zero attached hydrogens (tertiary/aromatic N) is 3. The van der Waals surface area contributed by atoms with Gasteiger partial charge in [-0.2, -0.15) is 0 Å². The normalized spacial score (nSPS) is 12.2. The Kier molecular flexibility index (Phi) is 4.08. The molecule has 5 nitrogen and oxygen atoms in total. The molecule has 0 amide bonds. The Morgan fingerprint density at radius 1 is 1.05 bits per heavy atom. The van der Waals surface area contributed by atoms with Crippen LogP contribution in [0.5, 0.6) is 0 Å². The molecule has 0 N–H and O–H groups in total. The maximum Gasteiger partial charge on any atom is 0.308 e. The molecule has 2 aromatic heterocycles. The summed E-state index contributed by atoms with van der Waals surface area (Å²) in [5.41, 5.74) is 1.63. The summed E-state index contributed by atoms with van der Waals surface area (Å²) in [5, 5.41) is 8.49. The maximum atomic E-state index is 12.2. The van der Waals surface area contributed by atoms with Gasteiger partial charge >= 0.3 is 5.22 Å². The topological polar surface area (TPSA) is 68.9 Å². The first kappa shape index (κ1) is 13.9. The van der Waals surface area contributed by atoms with E-state index >= 15 is 0 Å². The Labute approximate surface area is 128 Å². The molecule has 1 unspecified atom stereocenters. The largest absolute Gasteiger partial charge is 0.410 e. The summed E-state index contributed by atoms with van der Waals surface area (Å²) in [6, 6.07) is 10.6. The molecule has 1 atom stereocenters. The summed E-state index contributed by atoms with van der Waals surface area (Å²) in [7, 11) is -1.39. The minimum atomic E-state index is -1.39. The predicted octanol–water partition coefficient (Wildman–Crippen LogP) is 3.09. The third-order valence-corrected chi connectivity index (χ3v) is 4.14. The minimum Gasteiger partial charge on any atom is -0.410 e. The number of hydrogen-bond acceptors (Lipinski definition) is 5. The van der Waals surface area contributed by atoms with Crippen LogP contribution in [-0.2, 0) is 16.6 Å². The Morgan fingerprint density at radius 2 is 1.76 bits per heavy atom. The molecule has 7 heteroatoms. The number of benzene rings is 1. The van der Waals surface area contributed by atoms with Crippen LogP contribution >= 0.6 is 11.6 Å². The smallest absolute Gasteiger partial charge is 0.308 e. The first-order chi connectivity index (χ1) is 10.2. The zero-order chi connectivity index (χ0) is 14.7. The van der Waals surface area contributed by atoms with Gasteiger partial charge in [0, 0.05) is 23.0 Å². The van der Waals surface area contributed by atoms with Gasteiger partial charge in [-0.05, 0) is 42.0 Å². The summed E-state index contributed by atoms with van der Waals surface area (Å²) in [5.74, 6) is 0.634. The van der Waals surface area contributed by atoms with Crippen molar-refractivity contribution in [3.8, 4) is 11.5 Å². The van der Waals surface area contributed by atoms with E-state index in [0.29, 0.717) is 16.7 Å². The fourth-order valence-electron chi connectivity index (χ4n) is 1.70. The van der Waals surface area contributed by atoms with Gasteiger partial charge < -0.3 is 4.42 Å². The second kappa shape index (κ2) is 6.15. The maximum absolute atomic E-state index is 12.2. The first-order valence-electron chi connectivity index (χ1n) is 6.09. The highest BCUT2D eigenvalue weighted by Gasteiger charge is 2.15. The Hall–Kier alpha value is -2.05. The van der Waals surface area contributed by atoms with Crippen molar-refractivity contribution in [1.82, 2.24) is 15.2 Å². The van der Waals surface area contributed by atoms with Crippen LogP contribution in [0.4, 0.5) is 0 Å². The summed E-state index contributed by atoms with van der Waals surface area (Å²) in [4.78, 5) is 3.92. The molecule has 0 fully saturated rings. The van der Waals surface area contributed by atoms with Gasteiger partial charge in [0.1, 0.15) is 10.8 Å². The van der Waals surface area contributed by atoms with Crippen LogP contribution in [0.2, 0.25) is 5.02 Å². The fraction of sp³-hybridized carbons (Fsp3) is 0.0714. The second-order valence-electron chi connectivity index (χ2n) is 4.23. The van der Waals surface area contributed by atoms with Crippen molar-refractivity contribution in [1.29, 1.82) is 0 Å². The average molecular weight is 320 g/mol. The highest BCUT2D eigenvalue weighted by molar-refractivity contribution is 7.84. The second-order valence-corrected chi connectivity index (χ2v) is 5.99. The molecule has 3 rings (SSSR count). The van der Waals surface area contributed by atoms with E-state index in [9.17, 15) is 4.21 Å². The van der Waals surface area contributed by atoms with E-state index in [2.05, 4.69) is 15.2 Å². The number of hydrogen-bond donors (Lipinski definition) is 0. The van der Waals surface area contributed by atoms with Crippen molar-refractivity contribution < 1.29 is 8.63 Å². The van der Waals surface area contributed by atoms with Crippen LogP contribution in [0.25, 0.3) is 11.5 Å². The van der Waals surface area contributed by atoms with Crippen LogP contribution in [0.3, 0.4) is 0 Å². The lowest BCUT2D eigenvalue weighted by Gasteiger charge is -1.97. The van der Waals surface area contributed by atoms with Crippen molar-refractivity contribution >= 4 is 22.4 Å². The van der Waals surface area contributed by atoms with Crippen LogP contribution < -0.4 is 0 Å². The summed E-state index contributed by atoms with van der Waals surface area (Å²) < 4.78 is 17.6. The SMILES string of the molecule is O=S(Cc1ccncc1)c1nnc(-c2ccc(Cl)cc2)o1. The molecule has 0 aliphatic rings. The summed E-state index contributed by atoms with van der Waals surface area (Å²) in [6.45, 7) is 0. The third-order valence-electron chi connectivity index (χ3n) is 2.74. The minimum absolute atomic E-state index is 0.108. The number of rotatable bonds is 4. The summed E-state index contributed by atoms with van der Waals surface area (Å²) >= 11 is 5.82. The molecular formula is C14H10ClN3O2S. The summed E-state index contributed by atoms with van der Waals surface area (Å²) in [6.07, 6.45) is 3.30. The van der Waals surface area contributed by atoms with Gasteiger partial charge in [-0.3, -0.25) is 4.98 Å². The van der Waals surface area contributed by atoms with Crippen molar-refractivity contribution in [2.24, 2.45) is 0 Å². The monoisotopic (exact) mass is 319 g/mol. The van der Waals surface area contributed by atoms with E-state index in [1.54, 1.807) is 48.8 Å². The molecule has 0 saturated carbocycles. The molecule has 2 heterocycles. The third kappa shape index (κ3) is 3.34. The molecule has 0 bridgehead atoms. The zero-order valence-corrected chi connectivity index (χ0v) is 12.3. The number of pyridine rings is 1. The molecule has 21 heavy (non-hydrogen) atoms. The molecule has 0 aliphatic heterocycles. The molecule has 1 aromatic carbocycles. The number of aromatic nitrogens is 3. The first-order valence-corrected chi connectivity index (χ1v) is 7.79. The van der Waals surface area contributed by atoms with Crippen LogP contribution in [0.15, 0.2) is 58.4 Å². The van der Waals surface area contributed by atoms with E-state index in [1.165, 1.54) is 0 Å². The molecule has 3 aromatic rings. The van der Waals surface area contributed by atoms with Crippen molar-refractivity contribution in [3.05, 3.63) is 59.4 Å². The molecule has 106 valence electrons. The zero-order valence-electron chi connectivity index (χ0n) is 10.8. The van der Waals surface area contributed by atoms with Crippen LogP contribution in [-0.4, -0.2) is 19.4 Å². The molecule has 0 radical (unpaired) electrons. The lowest BCUT2D eigenvalue weighted by atomic mass is 10.2. The van der Waals surface area contributed by atoms with Crippen molar-refractivity contribution in [2.45, 2.75) is 11.0 Å². The Balaban J connectivity index is 1.78. The van der Waals surface area contributed by atoms with E-state index in [0.717, 1.165) is 11.1 Å². The highest BCUT2D eigenvalue weighted by atomic mass is 35.5. The van der Waals surface area contributed by atoms with Gasteiger partial charge in [0.2, 0.25) is 5.89 Å². The number of halogens is 1. The molecule has 0 saturated heterocycles. The Morgan fingerprint density at radius 3 is 2.48 bits per heavy atom. The van der Waals surface area contributed by atoms with Gasteiger partial charge in [0.25, 0.3) is 0 Å². The van der Waals surface area contributed by atoms with Gasteiger partial charge in [-0.25, -0.2) is 4.21 Å². The van der Waals surface area contributed by atoms with E-state index in [1.807, 2.05) is 0 Å². The quantitative estimate of drug-likeness (QED) is 0.739. The van der Waals surface area contributed by atoms with Gasteiger partial charge in [0.05, 0.1) is 5.75 Å². The van der Waals surface area contributed by atoms with Gasteiger partial charge in [0.15, 0.2) is 0 Å². The van der Waals surface area contributed by atoms with Crippen LogP contribution in [0, 0.1) is 0 Å². The molecule has 0 spiro atoms. The van der Waals surface area contributed by atoms with Crippen molar-refractivity contribution in [3.63, 3.8) is 0 Å². The van der Waals surface area contributed by atoms with Gasteiger partial charge in [-0.1, -0.05) is 16.7 Å². The lowest BCUT2D eigenvalue weighted by molar-refractivity contribution is 0.455. The molecular weight excluding hydrogens is 310 g/mol. The van der Waals surface area contributed by atoms with E-state index < -0.39 is 10.8 Å². The van der Waals surface area contributed by atoms with Crippen LogP contribution in [0.1, 0.15) is 5.56 Å². The lowest BCUT2D eigenvalue weighted by Crippen LogP contribution is -1.96. The predicted molar refractivity (Wildman–Crippen MR) is 79.1 cm³/mol. The highest BCUT2D eigenvalue weighted by Crippen LogP contribution is 2.21. The fourth-order valence-corrected chi connectivity index (χ4v) is 2.75. The van der Waals surface area contributed by atoms with Gasteiger partial charge in [-0.15, -0.1) is 5.10 Å². The average Bonchev–Trinajstić information content (AvgIpc) is 2.99. The van der Waals surface area contributed by atoms with E-state index in [-0.39, 0.29) is 5.22 Å². The Bertz CT molecular complexity index is 759. The molecule has 0 aliphatic carbocycles.